The number of nitrogens with zero attached hydrogens (tertiary/aromatic N) is 2. The molecule has 2 amide bonds. The van der Waals surface area contributed by atoms with Crippen LogP contribution in [0.2, 0.25) is 0 Å². The number of aliphatic hydroxyl groups is 2. The summed E-state index contributed by atoms with van der Waals surface area (Å²) < 4.78 is 9.86. The molecule has 0 bridgehead atoms. The highest BCUT2D eigenvalue weighted by molar-refractivity contribution is 8.16. The number of ether oxygens (including phenoxy) is 2. The normalized spacial score (nSPS) is 11.1. The second kappa shape index (κ2) is 32.0. The van der Waals surface area contributed by atoms with Crippen molar-refractivity contribution in [3.63, 3.8) is 0 Å². The van der Waals surface area contributed by atoms with Crippen molar-refractivity contribution < 1.29 is 48.8 Å². The largest absolute Gasteiger partial charge is 0.438 e. The fourth-order valence-electron chi connectivity index (χ4n) is 1.31. The SMILES string of the molecule is O=C(NCSC/N=C/OOCSCSCO)OCSCOO/C=N/CSCNC(=O)OCSCSCO. The number of thioether (sulfide) groups is 7. The summed E-state index contributed by atoms with van der Waals surface area (Å²) >= 11 is 9.40. The third kappa shape index (κ3) is 31.9. The molecule has 0 aliphatic rings. The van der Waals surface area contributed by atoms with Gasteiger partial charge >= 0.3 is 12.2 Å². The van der Waals surface area contributed by atoms with Crippen LogP contribution in [0, 0.1) is 0 Å². The molecule has 0 radical (unpaired) electrons. The van der Waals surface area contributed by atoms with Gasteiger partial charge in [-0.1, -0.05) is 11.8 Å². The topological polar surface area (TPSA) is 179 Å². The molecule has 0 aliphatic heterocycles. The minimum absolute atomic E-state index is 0.0390. The van der Waals surface area contributed by atoms with E-state index in [-0.39, 0.29) is 29.7 Å². The van der Waals surface area contributed by atoms with E-state index in [4.69, 9.17) is 39.2 Å². The number of alkyl carbamates (subject to hydrolysis) is 2. The second-order valence-corrected chi connectivity index (χ2v) is 12.5. The van der Waals surface area contributed by atoms with Crippen molar-refractivity contribution in [1.29, 1.82) is 0 Å². The van der Waals surface area contributed by atoms with Gasteiger partial charge in [0.2, 0.25) is 12.8 Å². The first-order chi connectivity index (χ1) is 18.2. The van der Waals surface area contributed by atoms with Gasteiger partial charge in [0.25, 0.3) is 0 Å². The Morgan fingerprint density at radius 1 is 0.649 bits per heavy atom. The predicted octanol–water partition coefficient (Wildman–Crippen LogP) is 3.00. The fraction of sp³-hybridized carbons (Fsp3) is 0.750. The number of hydrogen-bond donors (Lipinski definition) is 4. The predicted molar refractivity (Wildman–Crippen MR) is 157 cm³/mol. The van der Waals surface area contributed by atoms with E-state index in [1.165, 1.54) is 88.7 Å². The lowest BCUT2D eigenvalue weighted by Gasteiger charge is -2.06. The number of nitrogens with one attached hydrogen (secondary N) is 2. The number of aliphatic imine (C=N–C) groups is 2. The third-order valence-corrected chi connectivity index (χ3v) is 8.15. The van der Waals surface area contributed by atoms with E-state index in [0.717, 1.165) is 6.40 Å². The Bertz CT molecular complexity index is 602. The lowest BCUT2D eigenvalue weighted by Crippen LogP contribution is -2.23. The standard InChI is InChI=1S/C16H30N4O10S7/c21-7-33-13-36-10-26-16(24)20-6-32-3-17-1-27-29-11-35-9-25-15(23)19-5-31-4-18-2-28-30-12-37-14-34-8-22/h1-2,21-22H,3-14H2,(H,19,23)(H,20,24)/b17-1+,18-2+. The van der Waals surface area contributed by atoms with Gasteiger partial charge in [-0.3, -0.25) is 0 Å². The van der Waals surface area contributed by atoms with E-state index in [1.54, 1.807) is 0 Å². The van der Waals surface area contributed by atoms with Crippen LogP contribution < -0.4 is 10.6 Å². The quantitative estimate of drug-likeness (QED) is 0.0265. The minimum Gasteiger partial charge on any atom is -0.438 e. The molecule has 0 saturated carbocycles. The molecule has 0 fully saturated rings. The third-order valence-electron chi connectivity index (χ3n) is 2.67. The van der Waals surface area contributed by atoms with Gasteiger partial charge in [0.05, 0.1) is 35.4 Å². The maximum absolute atomic E-state index is 11.5. The van der Waals surface area contributed by atoms with Gasteiger partial charge in [-0.05, 0) is 0 Å². The Hall–Kier alpha value is -0.230. The molecule has 0 unspecified atom stereocenters. The van der Waals surface area contributed by atoms with Crippen molar-refractivity contribution in [3.05, 3.63) is 0 Å². The number of aliphatic hydroxyl groups excluding tert-OH is 2. The van der Waals surface area contributed by atoms with Crippen molar-refractivity contribution in [2.75, 3.05) is 69.3 Å². The molecule has 21 heteroatoms. The molecule has 0 spiro atoms. The molecule has 0 atom stereocenters. The number of rotatable bonds is 26. The van der Waals surface area contributed by atoms with Crippen molar-refractivity contribution in [3.8, 4) is 0 Å². The van der Waals surface area contributed by atoms with E-state index in [0.29, 0.717) is 39.6 Å². The molecule has 0 aromatic heterocycles. The first-order valence-corrected chi connectivity index (χ1v) is 17.9. The Kier molecular flexibility index (Phi) is 31.8. The molecule has 0 aromatic rings. The zero-order valence-corrected chi connectivity index (χ0v) is 25.3. The van der Waals surface area contributed by atoms with Crippen molar-refractivity contribution >= 4 is 107 Å². The highest BCUT2D eigenvalue weighted by atomic mass is 32.2. The fourth-order valence-corrected chi connectivity index (χ4v) is 5.04. The van der Waals surface area contributed by atoms with Crippen LogP contribution in [0.15, 0.2) is 9.98 Å². The van der Waals surface area contributed by atoms with Gasteiger partial charge in [0, 0.05) is 10.2 Å². The van der Waals surface area contributed by atoms with E-state index in [9.17, 15) is 9.59 Å². The molecular weight excluding hydrogens is 633 g/mol. The lowest BCUT2D eigenvalue weighted by atomic mass is 11.1. The van der Waals surface area contributed by atoms with Gasteiger partial charge in [-0.15, -0.1) is 70.6 Å². The summed E-state index contributed by atoms with van der Waals surface area (Å²) in [6.45, 7) is 0. The highest BCUT2D eigenvalue weighted by Gasteiger charge is 2.02. The average Bonchev–Trinajstić information content (AvgIpc) is 2.89. The van der Waals surface area contributed by atoms with Crippen LogP contribution in [0.4, 0.5) is 9.59 Å². The number of carbonyl (C=O) groups excluding carboxylic acids is 2. The van der Waals surface area contributed by atoms with Crippen LogP contribution in [0.5, 0.6) is 0 Å². The van der Waals surface area contributed by atoms with E-state index >= 15 is 0 Å². The van der Waals surface area contributed by atoms with Crippen molar-refractivity contribution in [2.45, 2.75) is 0 Å². The van der Waals surface area contributed by atoms with Gasteiger partial charge in [-0.25, -0.2) is 19.6 Å². The summed E-state index contributed by atoms with van der Waals surface area (Å²) in [5.41, 5.74) is 0. The van der Waals surface area contributed by atoms with Gasteiger partial charge < -0.3 is 40.1 Å². The van der Waals surface area contributed by atoms with E-state index < -0.39 is 12.2 Å². The summed E-state index contributed by atoms with van der Waals surface area (Å²) in [4.78, 5) is 49.9. The van der Waals surface area contributed by atoms with Gasteiger partial charge in [-0.2, -0.15) is 9.78 Å². The van der Waals surface area contributed by atoms with E-state index in [2.05, 4.69) is 20.6 Å². The van der Waals surface area contributed by atoms with Crippen molar-refractivity contribution in [2.24, 2.45) is 9.98 Å². The van der Waals surface area contributed by atoms with Crippen LogP contribution in [0.1, 0.15) is 0 Å². The molecule has 0 saturated heterocycles. The van der Waals surface area contributed by atoms with E-state index in [1.807, 2.05) is 0 Å². The number of amides is 2. The summed E-state index contributed by atoms with van der Waals surface area (Å²) in [5.74, 6) is 2.20. The number of hydrogen-bond acceptors (Lipinski definition) is 19. The second-order valence-electron chi connectivity index (χ2n) is 5.16. The van der Waals surface area contributed by atoms with Crippen LogP contribution in [-0.4, -0.2) is 105 Å². The molecule has 0 aromatic carbocycles. The monoisotopic (exact) mass is 662 g/mol. The smallest absolute Gasteiger partial charge is 0.408 e. The lowest BCUT2D eigenvalue weighted by molar-refractivity contribution is -0.196. The minimum atomic E-state index is -0.571. The van der Waals surface area contributed by atoms with Crippen LogP contribution in [-0.2, 0) is 29.0 Å². The first kappa shape index (κ1) is 36.8. The van der Waals surface area contributed by atoms with Gasteiger partial charge in [0.1, 0.15) is 23.8 Å². The van der Waals surface area contributed by atoms with Crippen LogP contribution in [0.25, 0.3) is 0 Å². The average molecular weight is 663 g/mol. The number of carbonyl (C=O) groups is 2. The Balaban J connectivity index is 3.33. The molecule has 0 rings (SSSR count). The van der Waals surface area contributed by atoms with Gasteiger partial charge in [0.15, 0.2) is 0 Å². The van der Waals surface area contributed by atoms with Crippen LogP contribution in [0.3, 0.4) is 0 Å². The zero-order chi connectivity index (χ0) is 27.1. The molecular formula is C16H30N4O10S7. The highest BCUT2D eigenvalue weighted by Crippen LogP contribution is 2.11. The maximum atomic E-state index is 11.5. The Morgan fingerprint density at radius 2 is 1.11 bits per heavy atom. The van der Waals surface area contributed by atoms with Crippen LogP contribution >= 0.6 is 82.3 Å². The van der Waals surface area contributed by atoms with Crippen molar-refractivity contribution in [1.82, 2.24) is 10.6 Å². The Labute approximate surface area is 244 Å². The Morgan fingerprint density at radius 3 is 1.62 bits per heavy atom. The summed E-state index contributed by atoms with van der Waals surface area (Å²) in [6.07, 6.45) is 1.21. The maximum Gasteiger partial charge on any atom is 0.408 e. The molecule has 14 nitrogen and oxygen atoms in total. The summed E-state index contributed by atoms with van der Waals surface area (Å²) in [6, 6.07) is 0. The molecule has 0 heterocycles. The summed E-state index contributed by atoms with van der Waals surface area (Å²) in [5, 5.41) is 23.6. The molecule has 37 heavy (non-hydrogen) atoms. The molecule has 216 valence electrons. The first-order valence-electron chi connectivity index (χ1n) is 9.81. The molecule has 4 N–H and O–H groups in total. The zero-order valence-electron chi connectivity index (χ0n) is 19.6. The molecule has 0 aliphatic carbocycles. The summed E-state index contributed by atoms with van der Waals surface area (Å²) in [7, 11) is 0.